The van der Waals surface area contributed by atoms with Crippen molar-refractivity contribution in [3.8, 4) is 0 Å². The highest BCUT2D eigenvalue weighted by molar-refractivity contribution is 5.94. The molecule has 0 aliphatic carbocycles. The first-order valence-electron chi connectivity index (χ1n) is 7.43. The van der Waals surface area contributed by atoms with Crippen LogP contribution in [0.2, 0.25) is 0 Å². The lowest BCUT2D eigenvalue weighted by molar-refractivity contribution is -0.136. The monoisotopic (exact) mass is 345 g/mol. The smallest absolute Gasteiger partial charge is 0.244 e. The van der Waals surface area contributed by atoms with Crippen LogP contribution >= 0.6 is 12.4 Å². The van der Waals surface area contributed by atoms with Gasteiger partial charge in [0.25, 0.3) is 0 Å². The van der Waals surface area contributed by atoms with Gasteiger partial charge in [-0.25, -0.2) is 4.39 Å². The van der Waals surface area contributed by atoms with E-state index >= 15 is 0 Å². The number of amides is 2. The van der Waals surface area contributed by atoms with E-state index in [9.17, 15) is 14.0 Å². The maximum absolute atomic E-state index is 12.8. The van der Waals surface area contributed by atoms with Gasteiger partial charge in [-0.3, -0.25) is 9.59 Å². The predicted molar refractivity (Wildman–Crippen MR) is 92.3 cm³/mol. The van der Waals surface area contributed by atoms with E-state index < -0.39 is 0 Å². The summed E-state index contributed by atoms with van der Waals surface area (Å²) in [5.41, 5.74) is 0.512. The van der Waals surface area contributed by atoms with Crippen LogP contribution in [-0.2, 0) is 9.59 Å². The fourth-order valence-corrected chi connectivity index (χ4v) is 2.01. The Bertz CT molecular complexity index is 495. The van der Waals surface area contributed by atoms with Gasteiger partial charge in [-0.2, -0.15) is 0 Å². The number of carbonyl (C=O) groups excluding carboxylic acids is 2. The van der Waals surface area contributed by atoms with Crippen LogP contribution in [0.5, 0.6) is 0 Å². The van der Waals surface area contributed by atoms with Gasteiger partial charge in [-0.15, -0.1) is 12.4 Å². The van der Waals surface area contributed by atoms with Crippen molar-refractivity contribution in [1.29, 1.82) is 0 Å². The molecule has 0 saturated carbocycles. The molecule has 5 nitrogen and oxygen atoms in total. The lowest BCUT2D eigenvalue weighted by atomic mass is 10.2. The molecular weight excluding hydrogens is 321 g/mol. The summed E-state index contributed by atoms with van der Waals surface area (Å²) < 4.78 is 12.8. The molecule has 0 unspecified atom stereocenters. The summed E-state index contributed by atoms with van der Waals surface area (Å²) in [5.74, 6) is -0.691. The predicted octanol–water partition coefficient (Wildman–Crippen LogP) is 2.42. The van der Waals surface area contributed by atoms with Gasteiger partial charge in [0.05, 0.1) is 0 Å². The Morgan fingerprint density at radius 1 is 1.22 bits per heavy atom. The summed E-state index contributed by atoms with van der Waals surface area (Å²) in [6.07, 6.45) is 1.14. The third kappa shape index (κ3) is 7.95. The Morgan fingerprint density at radius 2 is 1.83 bits per heavy atom. The minimum Gasteiger partial charge on any atom is -0.331 e. The van der Waals surface area contributed by atoms with Crippen molar-refractivity contribution in [2.24, 2.45) is 0 Å². The third-order valence-corrected chi connectivity index (χ3v) is 3.20. The Hall–Kier alpha value is -1.66. The third-order valence-electron chi connectivity index (χ3n) is 3.20. The van der Waals surface area contributed by atoms with Crippen molar-refractivity contribution in [3.05, 3.63) is 30.1 Å². The number of hydrogen-bond donors (Lipinski definition) is 2. The van der Waals surface area contributed by atoms with Crippen LogP contribution in [0.3, 0.4) is 0 Å². The van der Waals surface area contributed by atoms with Crippen LogP contribution in [0, 0.1) is 5.82 Å². The van der Waals surface area contributed by atoms with Crippen LogP contribution in [0.25, 0.3) is 0 Å². The first-order chi connectivity index (χ1) is 10.4. The molecule has 23 heavy (non-hydrogen) atoms. The van der Waals surface area contributed by atoms with Crippen LogP contribution in [0.1, 0.15) is 26.7 Å². The fourth-order valence-electron chi connectivity index (χ4n) is 2.01. The highest BCUT2D eigenvalue weighted by Crippen LogP contribution is 2.09. The molecule has 2 N–H and O–H groups in total. The Kier molecular flexibility index (Phi) is 10.2. The maximum atomic E-state index is 12.8. The minimum atomic E-state index is -0.360. The van der Waals surface area contributed by atoms with E-state index in [2.05, 4.69) is 10.6 Å². The number of carbonyl (C=O) groups is 2. The lowest BCUT2D eigenvalue weighted by Crippen LogP contribution is -2.42. The fraction of sp³-hybridized carbons (Fsp3) is 0.500. The number of rotatable bonds is 8. The van der Waals surface area contributed by atoms with Gasteiger partial charge >= 0.3 is 0 Å². The second kappa shape index (κ2) is 11.0. The number of nitrogens with one attached hydrogen (secondary N) is 2. The zero-order valence-corrected chi connectivity index (χ0v) is 14.6. The molecule has 0 heterocycles. The molecule has 1 aromatic carbocycles. The van der Waals surface area contributed by atoms with E-state index in [0.29, 0.717) is 12.1 Å². The lowest BCUT2D eigenvalue weighted by Gasteiger charge is -2.26. The molecule has 0 fully saturated rings. The summed E-state index contributed by atoms with van der Waals surface area (Å²) in [5, 5.41) is 5.65. The van der Waals surface area contributed by atoms with Crippen molar-refractivity contribution < 1.29 is 14.0 Å². The molecule has 0 aromatic heterocycles. The van der Waals surface area contributed by atoms with E-state index in [1.54, 1.807) is 4.90 Å². The average Bonchev–Trinajstić information content (AvgIpc) is 2.47. The van der Waals surface area contributed by atoms with Crippen LogP contribution in [0.4, 0.5) is 10.1 Å². The largest absolute Gasteiger partial charge is 0.331 e. The zero-order valence-electron chi connectivity index (χ0n) is 13.8. The molecule has 2 amide bonds. The molecule has 0 saturated heterocycles. The SMILES string of the molecule is CNCCCC(=O)N(CC(=O)Nc1ccc(F)cc1)C(C)C.Cl. The molecule has 7 heteroatoms. The number of anilines is 1. The molecule has 0 aliphatic heterocycles. The maximum Gasteiger partial charge on any atom is 0.244 e. The second-order valence-electron chi connectivity index (χ2n) is 5.38. The Labute approximate surface area is 143 Å². The molecule has 1 rings (SSSR count). The molecule has 1 aromatic rings. The standard InChI is InChI=1S/C16H24FN3O2.ClH/c1-12(2)20(16(22)5-4-10-18-3)11-15(21)19-14-8-6-13(17)7-9-14;/h6-9,12,18H,4-5,10-11H2,1-3H3,(H,19,21);1H. The van der Waals surface area contributed by atoms with Crippen molar-refractivity contribution >= 4 is 29.9 Å². The van der Waals surface area contributed by atoms with Crippen molar-refractivity contribution in [1.82, 2.24) is 10.2 Å². The van der Waals surface area contributed by atoms with Crippen LogP contribution in [-0.4, -0.2) is 42.9 Å². The molecular formula is C16H25ClFN3O2. The van der Waals surface area contributed by atoms with Gasteiger partial charge in [0, 0.05) is 18.2 Å². The summed E-state index contributed by atoms with van der Waals surface area (Å²) in [6, 6.07) is 5.47. The van der Waals surface area contributed by atoms with Crippen LogP contribution < -0.4 is 10.6 Å². The first kappa shape index (κ1) is 21.3. The summed E-state index contributed by atoms with van der Waals surface area (Å²) in [4.78, 5) is 25.7. The van der Waals surface area contributed by atoms with Gasteiger partial charge in [-0.1, -0.05) is 0 Å². The topological polar surface area (TPSA) is 61.4 Å². The minimum absolute atomic E-state index is 0. The summed E-state index contributed by atoms with van der Waals surface area (Å²) in [6.45, 7) is 4.51. The van der Waals surface area contributed by atoms with Crippen LogP contribution in [0.15, 0.2) is 24.3 Å². The normalized spacial score (nSPS) is 10.1. The van der Waals surface area contributed by atoms with Gasteiger partial charge in [0.15, 0.2) is 0 Å². The molecule has 0 bridgehead atoms. The zero-order chi connectivity index (χ0) is 16.5. The van der Waals surface area contributed by atoms with E-state index in [1.807, 2.05) is 20.9 Å². The molecule has 130 valence electrons. The quantitative estimate of drug-likeness (QED) is 0.711. The molecule has 0 atom stereocenters. The van der Waals surface area contributed by atoms with E-state index in [-0.39, 0.29) is 42.6 Å². The van der Waals surface area contributed by atoms with E-state index in [1.165, 1.54) is 24.3 Å². The van der Waals surface area contributed by atoms with Crippen molar-refractivity contribution in [3.63, 3.8) is 0 Å². The van der Waals surface area contributed by atoms with E-state index in [0.717, 1.165) is 13.0 Å². The van der Waals surface area contributed by atoms with Crippen molar-refractivity contribution in [2.75, 3.05) is 25.5 Å². The Balaban J connectivity index is 0.00000484. The first-order valence-corrected chi connectivity index (χ1v) is 7.43. The summed E-state index contributed by atoms with van der Waals surface area (Å²) in [7, 11) is 1.83. The number of benzene rings is 1. The van der Waals surface area contributed by atoms with Gasteiger partial charge in [0.2, 0.25) is 11.8 Å². The van der Waals surface area contributed by atoms with Gasteiger partial charge in [-0.05, 0) is 58.1 Å². The highest BCUT2D eigenvalue weighted by atomic mass is 35.5. The molecule has 0 radical (unpaired) electrons. The Morgan fingerprint density at radius 3 is 2.35 bits per heavy atom. The number of halogens is 2. The average molecular weight is 346 g/mol. The van der Waals surface area contributed by atoms with Gasteiger partial charge < -0.3 is 15.5 Å². The highest BCUT2D eigenvalue weighted by Gasteiger charge is 2.19. The van der Waals surface area contributed by atoms with Crippen molar-refractivity contribution in [2.45, 2.75) is 32.7 Å². The van der Waals surface area contributed by atoms with Gasteiger partial charge in [0.1, 0.15) is 12.4 Å². The number of hydrogen-bond acceptors (Lipinski definition) is 3. The summed E-state index contributed by atoms with van der Waals surface area (Å²) >= 11 is 0. The van der Waals surface area contributed by atoms with E-state index in [4.69, 9.17) is 0 Å². The molecule has 0 spiro atoms. The number of nitrogens with zero attached hydrogens (tertiary/aromatic N) is 1. The second-order valence-corrected chi connectivity index (χ2v) is 5.38. The molecule has 0 aliphatic rings.